The summed E-state index contributed by atoms with van der Waals surface area (Å²) in [6, 6.07) is 10.7. The third-order valence-electron chi connectivity index (χ3n) is 4.53. The van der Waals surface area contributed by atoms with Gasteiger partial charge in [0.2, 0.25) is 5.91 Å². The maximum atomic E-state index is 11.8. The number of benzene rings is 2. The van der Waals surface area contributed by atoms with E-state index in [1.165, 1.54) is 0 Å². The Hall–Kier alpha value is -2.99. The summed E-state index contributed by atoms with van der Waals surface area (Å²) in [5, 5.41) is 22.7. The zero-order chi connectivity index (χ0) is 20.4. The molecular formula is C21H21ClN2O4. The average Bonchev–Trinajstić information content (AvgIpc) is 3.03. The van der Waals surface area contributed by atoms with Gasteiger partial charge in [0.05, 0.1) is 16.2 Å². The molecule has 3 aromatic rings. The molecule has 0 bridgehead atoms. The largest absolute Gasteiger partial charge is 0.508 e. The maximum absolute atomic E-state index is 11.8. The van der Waals surface area contributed by atoms with Gasteiger partial charge in [-0.25, -0.2) is 0 Å². The van der Waals surface area contributed by atoms with E-state index in [-0.39, 0.29) is 11.7 Å². The first-order chi connectivity index (χ1) is 13.3. The fourth-order valence-electron chi connectivity index (χ4n) is 3.22. The predicted octanol–water partition coefficient (Wildman–Crippen LogP) is 4.59. The van der Waals surface area contributed by atoms with Gasteiger partial charge >= 0.3 is 5.97 Å². The Bertz CT molecular complexity index is 1060. The van der Waals surface area contributed by atoms with Gasteiger partial charge in [0.1, 0.15) is 12.2 Å². The van der Waals surface area contributed by atoms with E-state index in [1.807, 2.05) is 42.8 Å². The van der Waals surface area contributed by atoms with Gasteiger partial charge in [-0.3, -0.25) is 9.59 Å². The molecule has 0 aliphatic rings. The molecule has 6 nitrogen and oxygen atoms in total. The molecule has 0 fully saturated rings. The van der Waals surface area contributed by atoms with E-state index < -0.39 is 18.3 Å². The van der Waals surface area contributed by atoms with Gasteiger partial charge in [-0.2, -0.15) is 0 Å². The highest BCUT2D eigenvalue weighted by atomic mass is 35.5. The van der Waals surface area contributed by atoms with Gasteiger partial charge in [-0.05, 0) is 41.3 Å². The summed E-state index contributed by atoms with van der Waals surface area (Å²) in [5.74, 6) is -1.31. The van der Waals surface area contributed by atoms with E-state index in [0.717, 1.165) is 22.0 Å². The van der Waals surface area contributed by atoms with Crippen LogP contribution in [0.1, 0.15) is 37.3 Å². The number of phenols is 1. The summed E-state index contributed by atoms with van der Waals surface area (Å²) >= 11 is 6.40. The zero-order valence-corrected chi connectivity index (χ0v) is 16.3. The number of phenolic OH excluding ortho intramolecular Hbond substituents is 1. The van der Waals surface area contributed by atoms with Gasteiger partial charge in [-0.1, -0.05) is 37.6 Å². The predicted molar refractivity (Wildman–Crippen MR) is 109 cm³/mol. The smallest absolute Gasteiger partial charge is 0.312 e. The summed E-state index contributed by atoms with van der Waals surface area (Å²) in [7, 11) is 0. The monoisotopic (exact) mass is 400 g/mol. The number of anilines is 1. The molecule has 1 heterocycles. The third kappa shape index (κ3) is 4.12. The molecule has 0 unspecified atom stereocenters. The highest BCUT2D eigenvalue weighted by Gasteiger charge is 2.14. The van der Waals surface area contributed by atoms with E-state index in [9.17, 15) is 14.7 Å². The number of nitrogens with zero attached hydrogens (tertiary/aromatic N) is 1. The topological polar surface area (TPSA) is 91.6 Å². The third-order valence-corrected chi connectivity index (χ3v) is 4.83. The normalized spacial score (nSPS) is 11.1. The van der Waals surface area contributed by atoms with Gasteiger partial charge in [-0.15, -0.1) is 0 Å². The molecule has 0 aliphatic heterocycles. The first-order valence-corrected chi connectivity index (χ1v) is 9.25. The highest BCUT2D eigenvalue weighted by Crippen LogP contribution is 2.32. The van der Waals surface area contributed by atoms with Gasteiger partial charge in [0.15, 0.2) is 0 Å². The van der Waals surface area contributed by atoms with Crippen LogP contribution < -0.4 is 5.32 Å². The van der Waals surface area contributed by atoms with E-state index in [1.54, 1.807) is 18.2 Å². The number of carbonyl (C=O) groups is 2. The van der Waals surface area contributed by atoms with Crippen molar-refractivity contribution in [3.8, 4) is 5.75 Å². The van der Waals surface area contributed by atoms with Crippen LogP contribution in [0.5, 0.6) is 5.75 Å². The van der Waals surface area contributed by atoms with E-state index >= 15 is 0 Å². The second kappa shape index (κ2) is 7.94. The Balaban J connectivity index is 1.95. The SMILES string of the molecule is CC(C)c1cc(Cn2ccc3c(NC(=O)CC(=O)O)ccc(Cl)c32)ccc1O. The minimum absolute atomic E-state index is 0.195. The van der Waals surface area contributed by atoms with Crippen molar-refractivity contribution in [2.45, 2.75) is 32.7 Å². The molecule has 28 heavy (non-hydrogen) atoms. The van der Waals surface area contributed by atoms with Crippen LogP contribution in [0.25, 0.3) is 10.9 Å². The van der Waals surface area contributed by atoms with Crippen LogP contribution in [-0.4, -0.2) is 26.7 Å². The summed E-state index contributed by atoms with van der Waals surface area (Å²) < 4.78 is 1.96. The van der Waals surface area contributed by atoms with Crippen LogP contribution in [0.3, 0.4) is 0 Å². The molecule has 3 N–H and O–H groups in total. The van der Waals surface area contributed by atoms with Gasteiger partial charge in [0, 0.05) is 18.1 Å². The van der Waals surface area contributed by atoms with Crippen LogP contribution in [0.15, 0.2) is 42.6 Å². The quantitative estimate of drug-likeness (QED) is 0.528. The molecule has 0 saturated carbocycles. The fraction of sp³-hybridized carbons (Fsp3) is 0.238. The van der Waals surface area contributed by atoms with Crippen molar-refractivity contribution in [3.63, 3.8) is 0 Å². The molecular weight excluding hydrogens is 380 g/mol. The number of carboxylic acid groups (broad SMARTS) is 1. The number of amides is 1. The number of fused-ring (bicyclic) bond motifs is 1. The molecule has 3 rings (SSSR count). The van der Waals surface area contributed by atoms with Crippen molar-refractivity contribution < 1.29 is 19.8 Å². The number of aliphatic carboxylic acids is 1. The van der Waals surface area contributed by atoms with Crippen LogP contribution in [0.4, 0.5) is 5.69 Å². The summed E-state index contributed by atoms with van der Waals surface area (Å²) in [6.45, 7) is 4.58. The molecule has 0 atom stereocenters. The average molecular weight is 401 g/mol. The number of hydrogen-bond acceptors (Lipinski definition) is 3. The number of hydrogen-bond donors (Lipinski definition) is 3. The van der Waals surface area contributed by atoms with E-state index in [0.29, 0.717) is 17.3 Å². The van der Waals surface area contributed by atoms with Crippen molar-refractivity contribution in [3.05, 3.63) is 58.7 Å². The molecule has 2 aromatic carbocycles. The minimum atomic E-state index is -1.19. The van der Waals surface area contributed by atoms with E-state index in [2.05, 4.69) is 5.32 Å². The van der Waals surface area contributed by atoms with Crippen LogP contribution in [0, 0.1) is 0 Å². The minimum Gasteiger partial charge on any atom is -0.508 e. The highest BCUT2D eigenvalue weighted by molar-refractivity contribution is 6.35. The number of carboxylic acids is 1. The Labute approximate surface area is 167 Å². The molecule has 1 aromatic heterocycles. The molecule has 7 heteroatoms. The lowest BCUT2D eigenvalue weighted by molar-refractivity contribution is -0.139. The number of halogens is 1. The van der Waals surface area contributed by atoms with Crippen molar-refractivity contribution in [2.75, 3.05) is 5.32 Å². The Morgan fingerprint density at radius 1 is 1.18 bits per heavy atom. The molecule has 0 spiro atoms. The van der Waals surface area contributed by atoms with Crippen molar-refractivity contribution in [2.24, 2.45) is 0 Å². The molecule has 146 valence electrons. The van der Waals surface area contributed by atoms with Crippen molar-refractivity contribution >= 4 is 40.1 Å². The maximum Gasteiger partial charge on any atom is 0.312 e. The number of rotatable bonds is 6. The lowest BCUT2D eigenvalue weighted by Gasteiger charge is -2.13. The first kappa shape index (κ1) is 19.8. The van der Waals surface area contributed by atoms with Crippen LogP contribution in [-0.2, 0) is 16.1 Å². The molecule has 0 radical (unpaired) electrons. The van der Waals surface area contributed by atoms with Gasteiger partial charge in [0.25, 0.3) is 0 Å². The number of aromatic hydroxyl groups is 1. The second-order valence-electron chi connectivity index (χ2n) is 6.97. The molecule has 1 amide bonds. The standard InChI is InChI=1S/C21H21ClN2O4/c1-12(2)15-9-13(3-6-18(15)25)11-24-8-7-14-17(5-4-16(22)21(14)24)23-19(26)10-20(27)28/h3-9,12,25H,10-11H2,1-2H3,(H,23,26)(H,27,28). The number of aromatic nitrogens is 1. The number of nitrogens with one attached hydrogen (secondary N) is 1. The summed E-state index contributed by atoms with van der Waals surface area (Å²) in [4.78, 5) is 22.5. The van der Waals surface area contributed by atoms with Gasteiger partial charge < -0.3 is 20.1 Å². The Morgan fingerprint density at radius 3 is 2.61 bits per heavy atom. The van der Waals surface area contributed by atoms with Crippen molar-refractivity contribution in [1.29, 1.82) is 0 Å². The fourth-order valence-corrected chi connectivity index (χ4v) is 3.49. The van der Waals surface area contributed by atoms with Crippen molar-refractivity contribution in [1.82, 2.24) is 4.57 Å². The number of carbonyl (C=O) groups excluding carboxylic acids is 1. The zero-order valence-electron chi connectivity index (χ0n) is 15.6. The summed E-state index contributed by atoms with van der Waals surface area (Å²) in [6.07, 6.45) is 1.27. The lowest BCUT2D eigenvalue weighted by Crippen LogP contribution is -2.16. The van der Waals surface area contributed by atoms with E-state index in [4.69, 9.17) is 16.7 Å². The molecule has 0 saturated heterocycles. The van der Waals surface area contributed by atoms with Crippen LogP contribution in [0.2, 0.25) is 5.02 Å². The summed E-state index contributed by atoms with van der Waals surface area (Å²) in [5.41, 5.74) is 3.14. The Morgan fingerprint density at radius 2 is 1.93 bits per heavy atom. The van der Waals surface area contributed by atoms with Crippen LogP contribution >= 0.6 is 11.6 Å². The molecule has 0 aliphatic carbocycles. The second-order valence-corrected chi connectivity index (χ2v) is 7.37. The Kier molecular flexibility index (Phi) is 5.61. The first-order valence-electron chi connectivity index (χ1n) is 8.87. The lowest BCUT2D eigenvalue weighted by atomic mass is 9.99.